The molecule has 1 atom stereocenters. The molecule has 1 fully saturated rings. The van der Waals surface area contributed by atoms with Crippen LogP contribution in [0.15, 0.2) is 24.3 Å². The number of primary amides is 1. The van der Waals surface area contributed by atoms with Crippen molar-refractivity contribution < 1.29 is 9.18 Å². The van der Waals surface area contributed by atoms with Crippen LogP contribution in [0.2, 0.25) is 0 Å². The second-order valence-corrected chi connectivity index (χ2v) is 4.51. The van der Waals surface area contributed by atoms with Gasteiger partial charge in [-0.1, -0.05) is 18.6 Å². The number of rotatable bonds is 3. The highest BCUT2D eigenvalue weighted by atomic mass is 19.1. The molecule has 2 rings (SSSR count). The topological polar surface area (TPSA) is 46.3 Å². The minimum Gasteiger partial charge on any atom is -0.368 e. The SMILES string of the molecule is NC(=O)C1CCCCN1Cc1ccc(F)cc1. The van der Waals surface area contributed by atoms with Gasteiger partial charge < -0.3 is 5.73 Å². The molecule has 2 N–H and O–H groups in total. The van der Waals surface area contributed by atoms with E-state index in [4.69, 9.17) is 5.73 Å². The summed E-state index contributed by atoms with van der Waals surface area (Å²) in [6.07, 6.45) is 2.97. The van der Waals surface area contributed by atoms with E-state index in [1.807, 2.05) is 0 Å². The van der Waals surface area contributed by atoms with E-state index in [-0.39, 0.29) is 17.8 Å². The summed E-state index contributed by atoms with van der Waals surface area (Å²) in [4.78, 5) is 13.4. The van der Waals surface area contributed by atoms with Crippen molar-refractivity contribution in [1.82, 2.24) is 4.90 Å². The molecule has 1 aromatic rings. The molecular weight excluding hydrogens is 219 g/mol. The molecule has 1 aliphatic rings. The van der Waals surface area contributed by atoms with Gasteiger partial charge in [-0.05, 0) is 37.1 Å². The second-order valence-electron chi connectivity index (χ2n) is 4.51. The number of carbonyl (C=O) groups is 1. The standard InChI is InChI=1S/C13H17FN2O/c14-11-6-4-10(5-7-11)9-16-8-2-1-3-12(16)13(15)17/h4-7,12H,1-3,8-9H2,(H2,15,17). The molecule has 0 radical (unpaired) electrons. The highest BCUT2D eigenvalue weighted by Crippen LogP contribution is 2.19. The summed E-state index contributed by atoms with van der Waals surface area (Å²) in [6, 6.07) is 6.22. The van der Waals surface area contributed by atoms with Crippen molar-refractivity contribution in [3.63, 3.8) is 0 Å². The van der Waals surface area contributed by atoms with E-state index in [0.717, 1.165) is 31.4 Å². The Morgan fingerprint density at radius 2 is 2.06 bits per heavy atom. The quantitative estimate of drug-likeness (QED) is 0.867. The average Bonchev–Trinajstić information content (AvgIpc) is 2.32. The van der Waals surface area contributed by atoms with Crippen molar-refractivity contribution in [3.05, 3.63) is 35.6 Å². The summed E-state index contributed by atoms with van der Waals surface area (Å²) in [6.45, 7) is 1.54. The minimum absolute atomic E-state index is 0.172. The number of likely N-dealkylation sites (tertiary alicyclic amines) is 1. The maximum Gasteiger partial charge on any atom is 0.234 e. The van der Waals surface area contributed by atoms with Crippen LogP contribution in [0.25, 0.3) is 0 Å². The Morgan fingerprint density at radius 1 is 1.35 bits per heavy atom. The van der Waals surface area contributed by atoms with Crippen LogP contribution in [-0.2, 0) is 11.3 Å². The Labute approximate surface area is 100 Å². The molecule has 0 bridgehead atoms. The number of nitrogens with zero attached hydrogens (tertiary/aromatic N) is 1. The first-order valence-corrected chi connectivity index (χ1v) is 5.94. The molecule has 17 heavy (non-hydrogen) atoms. The fourth-order valence-corrected chi connectivity index (χ4v) is 2.33. The number of halogens is 1. The molecule has 1 unspecified atom stereocenters. The van der Waals surface area contributed by atoms with Crippen molar-refractivity contribution in [2.75, 3.05) is 6.54 Å². The van der Waals surface area contributed by atoms with Crippen molar-refractivity contribution in [2.24, 2.45) is 5.73 Å². The van der Waals surface area contributed by atoms with E-state index in [1.54, 1.807) is 12.1 Å². The van der Waals surface area contributed by atoms with Crippen LogP contribution in [0.1, 0.15) is 24.8 Å². The maximum atomic E-state index is 12.8. The first kappa shape index (κ1) is 12.0. The highest BCUT2D eigenvalue weighted by Gasteiger charge is 2.26. The molecule has 4 heteroatoms. The van der Waals surface area contributed by atoms with Crippen molar-refractivity contribution in [1.29, 1.82) is 0 Å². The lowest BCUT2D eigenvalue weighted by molar-refractivity contribution is -0.124. The lowest BCUT2D eigenvalue weighted by Crippen LogP contribution is -2.47. The number of carbonyl (C=O) groups excluding carboxylic acids is 1. The fourth-order valence-electron chi connectivity index (χ4n) is 2.33. The Bertz CT molecular complexity index is 391. The predicted molar refractivity (Wildman–Crippen MR) is 63.6 cm³/mol. The second kappa shape index (κ2) is 5.27. The first-order valence-electron chi connectivity index (χ1n) is 5.94. The minimum atomic E-state index is -0.258. The van der Waals surface area contributed by atoms with E-state index in [1.165, 1.54) is 12.1 Å². The third-order valence-corrected chi connectivity index (χ3v) is 3.24. The smallest absolute Gasteiger partial charge is 0.234 e. The Balaban J connectivity index is 2.05. The summed E-state index contributed by atoms with van der Waals surface area (Å²) in [5, 5.41) is 0. The van der Waals surface area contributed by atoms with Gasteiger partial charge in [-0.15, -0.1) is 0 Å². The largest absolute Gasteiger partial charge is 0.368 e. The van der Waals surface area contributed by atoms with Gasteiger partial charge in [0.05, 0.1) is 6.04 Å². The van der Waals surface area contributed by atoms with Gasteiger partial charge >= 0.3 is 0 Å². The Hall–Kier alpha value is -1.42. The van der Waals surface area contributed by atoms with Crippen molar-refractivity contribution in [2.45, 2.75) is 31.8 Å². The zero-order valence-electron chi connectivity index (χ0n) is 9.73. The third-order valence-electron chi connectivity index (χ3n) is 3.24. The van der Waals surface area contributed by atoms with Crippen molar-refractivity contribution >= 4 is 5.91 Å². The molecule has 0 spiro atoms. The Morgan fingerprint density at radius 3 is 2.71 bits per heavy atom. The molecule has 1 aliphatic heterocycles. The lowest BCUT2D eigenvalue weighted by atomic mass is 10.0. The van der Waals surface area contributed by atoms with Crippen LogP contribution < -0.4 is 5.73 Å². The molecule has 3 nitrogen and oxygen atoms in total. The molecule has 0 aliphatic carbocycles. The summed E-state index contributed by atoms with van der Waals surface area (Å²) < 4.78 is 12.8. The summed E-state index contributed by atoms with van der Waals surface area (Å²) in [5.41, 5.74) is 6.41. The lowest BCUT2D eigenvalue weighted by Gasteiger charge is -2.33. The van der Waals surface area contributed by atoms with Gasteiger partial charge in [0.2, 0.25) is 5.91 Å². The van der Waals surface area contributed by atoms with Crippen molar-refractivity contribution in [3.8, 4) is 0 Å². The van der Waals surface area contributed by atoms with Gasteiger partial charge in [-0.2, -0.15) is 0 Å². The predicted octanol–water partition coefficient (Wildman–Crippen LogP) is 1.67. The first-order chi connectivity index (χ1) is 8.16. The van der Waals surface area contributed by atoms with E-state index in [0.29, 0.717) is 6.54 Å². The zero-order chi connectivity index (χ0) is 12.3. The van der Waals surface area contributed by atoms with E-state index < -0.39 is 0 Å². The summed E-state index contributed by atoms with van der Waals surface area (Å²) in [5.74, 6) is -0.495. The molecule has 92 valence electrons. The normalized spacial score (nSPS) is 21.4. The Kier molecular flexibility index (Phi) is 3.74. The molecule has 1 heterocycles. The van der Waals surface area contributed by atoms with Gasteiger partial charge in [-0.25, -0.2) is 4.39 Å². The van der Waals surface area contributed by atoms with Crippen LogP contribution in [-0.4, -0.2) is 23.4 Å². The van der Waals surface area contributed by atoms with Crippen LogP contribution in [0.4, 0.5) is 4.39 Å². The van der Waals surface area contributed by atoms with Gasteiger partial charge in [0.25, 0.3) is 0 Å². The molecule has 1 aromatic carbocycles. The van der Waals surface area contributed by atoms with Gasteiger partial charge in [-0.3, -0.25) is 9.69 Å². The van der Waals surface area contributed by atoms with Gasteiger partial charge in [0.15, 0.2) is 0 Å². The molecular formula is C13H17FN2O. The molecule has 1 amide bonds. The monoisotopic (exact) mass is 236 g/mol. The van der Waals surface area contributed by atoms with E-state index in [9.17, 15) is 9.18 Å². The van der Waals surface area contributed by atoms with E-state index >= 15 is 0 Å². The number of hydrogen-bond donors (Lipinski definition) is 1. The third kappa shape index (κ3) is 3.03. The summed E-state index contributed by atoms with van der Waals surface area (Å²) in [7, 11) is 0. The average molecular weight is 236 g/mol. The molecule has 0 saturated carbocycles. The van der Waals surface area contributed by atoms with E-state index in [2.05, 4.69) is 4.90 Å². The van der Waals surface area contributed by atoms with Crippen LogP contribution in [0.5, 0.6) is 0 Å². The fraction of sp³-hybridized carbons (Fsp3) is 0.462. The summed E-state index contributed by atoms with van der Waals surface area (Å²) >= 11 is 0. The zero-order valence-corrected chi connectivity index (χ0v) is 9.73. The number of piperidine rings is 1. The number of amides is 1. The highest BCUT2D eigenvalue weighted by molar-refractivity contribution is 5.79. The van der Waals surface area contributed by atoms with Crippen LogP contribution >= 0.6 is 0 Å². The number of nitrogens with two attached hydrogens (primary N) is 1. The van der Waals surface area contributed by atoms with Gasteiger partial charge in [0, 0.05) is 6.54 Å². The molecule has 1 saturated heterocycles. The van der Waals surface area contributed by atoms with Crippen LogP contribution in [0, 0.1) is 5.82 Å². The number of benzene rings is 1. The molecule has 0 aromatic heterocycles. The number of hydrogen-bond acceptors (Lipinski definition) is 2. The van der Waals surface area contributed by atoms with Crippen LogP contribution in [0.3, 0.4) is 0 Å². The maximum absolute atomic E-state index is 12.8. The van der Waals surface area contributed by atoms with Gasteiger partial charge in [0.1, 0.15) is 5.82 Å².